The predicted octanol–water partition coefficient (Wildman–Crippen LogP) is 3.54. The summed E-state index contributed by atoms with van der Waals surface area (Å²) in [5.41, 5.74) is 2.99. The largest absolute Gasteiger partial charge is 0.329 e. The number of amides is 3. The Morgan fingerprint density at radius 2 is 1.79 bits per heavy atom. The molecule has 148 valence electrons. The topological polar surface area (TPSA) is 80.1 Å². The Morgan fingerprint density at radius 3 is 2.45 bits per heavy atom. The lowest BCUT2D eigenvalue weighted by atomic mass is 10.1. The Balaban J connectivity index is 1.63. The molecule has 0 spiro atoms. The summed E-state index contributed by atoms with van der Waals surface area (Å²) in [6, 6.07) is 15.2. The minimum absolute atomic E-state index is 0.0576. The number of hydrogen-bond donors (Lipinski definition) is 1. The van der Waals surface area contributed by atoms with E-state index in [1.165, 1.54) is 16.7 Å². The number of rotatable bonds is 6. The first kappa shape index (κ1) is 19.5. The molecule has 9 heteroatoms. The second kappa shape index (κ2) is 8.26. The molecular weight excluding hydrogens is 410 g/mol. The van der Waals surface area contributed by atoms with E-state index in [4.69, 9.17) is 11.6 Å². The van der Waals surface area contributed by atoms with Crippen molar-refractivity contribution in [2.45, 2.75) is 12.1 Å². The van der Waals surface area contributed by atoms with Gasteiger partial charge in [-0.3, -0.25) is 14.3 Å². The van der Waals surface area contributed by atoms with E-state index in [1.807, 2.05) is 60.0 Å². The summed E-state index contributed by atoms with van der Waals surface area (Å²) >= 11 is 7.49. The SMILES string of the molecule is Cc1ccc(-c2nnc(SCCN3C(=O)CNC3=O)n2-c2ccc(Cl)cc2)cc1. The van der Waals surface area contributed by atoms with E-state index in [2.05, 4.69) is 15.5 Å². The fourth-order valence-electron chi connectivity index (χ4n) is 2.99. The third-order valence-corrected chi connectivity index (χ3v) is 5.67. The first-order chi connectivity index (χ1) is 14.0. The van der Waals surface area contributed by atoms with Gasteiger partial charge in [-0.05, 0) is 31.2 Å². The summed E-state index contributed by atoms with van der Waals surface area (Å²) in [5.74, 6) is 1.01. The highest BCUT2D eigenvalue weighted by molar-refractivity contribution is 7.99. The summed E-state index contributed by atoms with van der Waals surface area (Å²) in [4.78, 5) is 24.7. The Morgan fingerprint density at radius 1 is 1.07 bits per heavy atom. The molecule has 2 heterocycles. The fourth-order valence-corrected chi connectivity index (χ4v) is 3.99. The molecule has 1 aliphatic rings. The van der Waals surface area contributed by atoms with Crippen molar-refractivity contribution < 1.29 is 9.59 Å². The smallest absolute Gasteiger partial charge is 0.324 e. The van der Waals surface area contributed by atoms with Gasteiger partial charge in [-0.15, -0.1) is 10.2 Å². The number of urea groups is 1. The van der Waals surface area contributed by atoms with Crippen LogP contribution in [-0.2, 0) is 4.79 Å². The summed E-state index contributed by atoms with van der Waals surface area (Å²) < 4.78 is 1.96. The maximum absolute atomic E-state index is 11.8. The van der Waals surface area contributed by atoms with Gasteiger partial charge in [0.1, 0.15) is 0 Å². The third kappa shape index (κ3) is 4.13. The maximum atomic E-state index is 11.8. The molecule has 1 saturated heterocycles. The molecule has 1 aromatic heterocycles. The monoisotopic (exact) mass is 427 g/mol. The van der Waals surface area contributed by atoms with Crippen LogP contribution in [0.3, 0.4) is 0 Å². The number of thioether (sulfide) groups is 1. The van der Waals surface area contributed by atoms with Gasteiger partial charge in [-0.2, -0.15) is 0 Å². The van der Waals surface area contributed by atoms with Gasteiger partial charge in [0.15, 0.2) is 11.0 Å². The van der Waals surface area contributed by atoms with Gasteiger partial charge in [0.25, 0.3) is 0 Å². The van der Waals surface area contributed by atoms with Crippen LogP contribution < -0.4 is 5.32 Å². The summed E-state index contributed by atoms with van der Waals surface area (Å²) in [5, 5.41) is 12.6. The van der Waals surface area contributed by atoms with Crippen LogP contribution in [0.2, 0.25) is 5.02 Å². The maximum Gasteiger partial charge on any atom is 0.324 e. The summed E-state index contributed by atoms with van der Waals surface area (Å²) in [7, 11) is 0. The zero-order valence-corrected chi connectivity index (χ0v) is 17.2. The predicted molar refractivity (Wildman–Crippen MR) is 112 cm³/mol. The number of aryl methyl sites for hydroxylation is 1. The number of hydrogen-bond acceptors (Lipinski definition) is 5. The first-order valence-corrected chi connectivity index (χ1v) is 10.4. The highest BCUT2D eigenvalue weighted by Crippen LogP contribution is 2.29. The van der Waals surface area contributed by atoms with Crippen molar-refractivity contribution in [2.75, 3.05) is 18.8 Å². The molecule has 1 aliphatic heterocycles. The van der Waals surface area contributed by atoms with Gasteiger partial charge in [-0.25, -0.2) is 4.79 Å². The van der Waals surface area contributed by atoms with Gasteiger partial charge in [0.2, 0.25) is 5.91 Å². The van der Waals surface area contributed by atoms with Crippen molar-refractivity contribution >= 4 is 35.3 Å². The van der Waals surface area contributed by atoms with Crippen LogP contribution in [-0.4, -0.2) is 50.4 Å². The van der Waals surface area contributed by atoms with Crippen molar-refractivity contribution in [2.24, 2.45) is 0 Å². The highest BCUT2D eigenvalue weighted by Gasteiger charge is 2.28. The molecule has 0 unspecified atom stereocenters. The second-order valence-electron chi connectivity index (χ2n) is 6.54. The molecule has 29 heavy (non-hydrogen) atoms. The summed E-state index contributed by atoms with van der Waals surface area (Å²) in [6.45, 7) is 2.40. The van der Waals surface area contributed by atoms with Crippen LogP contribution in [0.15, 0.2) is 53.7 Å². The van der Waals surface area contributed by atoms with E-state index >= 15 is 0 Å². The van der Waals surface area contributed by atoms with Gasteiger partial charge >= 0.3 is 6.03 Å². The average molecular weight is 428 g/mol. The molecule has 0 aliphatic carbocycles. The van der Waals surface area contributed by atoms with E-state index in [9.17, 15) is 9.59 Å². The number of benzene rings is 2. The molecule has 4 rings (SSSR count). The second-order valence-corrected chi connectivity index (χ2v) is 8.04. The number of imide groups is 1. The summed E-state index contributed by atoms with van der Waals surface area (Å²) in [6.07, 6.45) is 0. The first-order valence-electron chi connectivity index (χ1n) is 9.02. The minimum atomic E-state index is -0.352. The zero-order valence-electron chi connectivity index (χ0n) is 15.6. The van der Waals surface area contributed by atoms with Crippen molar-refractivity contribution in [3.8, 4) is 17.1 Å². The van der Waals surface area contributed by atoms with Crippen LogP contribution in [0.25, 0.3) is 17.1 Å². The van der Waals surface area contributed by atoms with Crippen molar-refractivity contribution in [1.29, 1.82) is 0 Å². The third-order valence-electron chi connectivity index (χ3n) is 4.51. The Hall–Kier alpha value is -2.84. The minimum Gasteiger partial charge on any atom is -0.329 e. The Bertz CT molecular complexity index is 1030. The van der Waals surface area contributed by atoms with Crippen LogP contribution in [0.1, 0.15) is 5.56 Å². The number of aromatic nitrogens is 3. The Labute approximate surface area is 177 Å². The number of nitrogens with zero attached hydrogens (tertiary/aromatic N) is 4. The van der Waals surface area contributed by atoms with E-state index in [0.717, 1.165) is 16.8 Å². The van der Waals surface area contributed by atoms with E-state index in [0.29, 0.717) is 28.3 Å². The van der Waals surface area contributed by atoms with Crippen LogP contribution in [0.4, 0.5) is 4.79 Å². The van der Waals surface area contributed by atoms with Gasteiger partial charge in [0, 0.05) is 28.6 Å². The van der Waals surface area contributed by atoms with Gasteiger partial charge < -0.3 is 5.32 Å². The Kier molecular flexibility index (Phi) is 5.55. The van der Waals surface area contributed by atoms with Crippen molar-refractivity contribution in [1.82, 2.24) is 25.0 Å². The molecule has 0 bridgehead atoms. The molecule has 1 N–H and O–H groups in total. The van der Waals surface area contributed by atoms with E-state index in [-0.39, 0.29) is 18.5 Å². The normalized spacial score (nSPS) is 13.8. The molecule has 0 saturated carbocycles. The highest BCUT2D eigenvalue weighted by atomic mass is 35.5. The van der Waals surface area contributed by atoms with Crippen molar-refractivity contribution in [3.05, 3.63) is 59.1 Å². The number of halogens is 1. The molecule has 2 aromatic carbocycles. The van der Waals surface area contributed by atoms with Crippen LogP contribution in [0, 0.1) is 6.92 Å². The molecule has 0 atom stereocenters. The number of carbonyl (C=O) groups excluding carboxylic acids is 2. The molecule has 7 nitrogen and oxygen atoms in total. The lowest BCUT2D eigenvalue weighted by Crippen LogP contribution is -2.32. The lowest BCUT2D eigenvalue weighted by molar-refractivity contribution is -0.124. The van der Waals surface area contributed by atoms with Gasteiger partial charge in [-0.1, -0.05) is 53.2 Å². The van der Waals surface area contributed by atoms with Crippen LogP contribution in [0.5, 0.6) is 0 Å². The fraction of sp³-hybridized carbons (Fsp3) is 0.200. The number of nitrogens with one attached hydrogen (secondary N) is 1. The van der Waals surface area contributed by atoms with E-state index in [1.54, 1.807) is 0 Å². The zero-order chi connectivity index (χ0) is 20.4. The molecule has 1 fully saturated rings. The quantitative estimate of drug-likeness (QED) is 0.480. The van der Waals surface area contributed by atoms with Gasteiger partial charge in [0.05, 0.1) is 6.54 Å². The average Bonchev–Trinajstić information content (AvgIpc) is 3.27. The molecule has 3 amide bonds. The number of carbonyl (C=O) groups is 2. The van der Waals surface area contributed by atoms with Crippen molar-refractivity contribution in [3.63, 3.8) is 0 Å². The van der Waals surface area contributed by atoms with E-state index < -0.39 is 0 Å². The molecule has 0 radical (unpaired) electrons. The van der Waals surface area contributed by atoms with Crippen LogP contribution >= 0.6 is 23.4 Å². The lowest BCUT2D eigenvalue weighted by Gasteiger charge is -2.13. The standard InChI is InChI=1S/C20H18ClN5O2S/c1-13-2-4-14(5-3-13)18-23-24-20(26(18)16-8-6-15(21)7-9-16)29-11-10-25-17(27)12-22-19(25)28/h2-9H,10-12H2,1H3,(H,22,28). The molecule has 3 aromatic rings. The molecular formula is C20H18ClN5O2S.